The number of nitrogens with zero attached hydrogens (tertiary/aromatic N) is 4. The van der Waals surface area contributed by atoms with Gasteiger partial charge in [0.15, 0.2) is 0 Å². The number of aromatic amines is 1. The normalized spacial score (nSPS) is 11.6. The highest BCUT2D eigenvalue weighted by Gasteiger charge is 2.21. The molecule has 0 aliphatic rings. The average molecular weight is 469 g/mol. The summed E-state index contributed by atoms with van der Waals surface area (Å²) in [6, 6.07) is 15.8. The van der Waals surface area contributed by atoms with Crippen molar-refractivity contribution in [3.05, 3.63) is 78.4 Å². The van der Waals surface area contributed by atoms with Gasteiger partial charge in [0.25, 0.3) is 0 Å². The van der Waals surface area contributed by atoms with Gasteiger partial charge in [0, 0.05) is 29.7 Å². The topological polar surface area (TPSA) is 89.9 Å². The van der Waals surface area contributed by atoms with Crippen molar-refractivity contribution in [1.82, 2.24) is 24.5 Å². The number of imidazole rings is 2. The quantitative estimate of drug-likeness (QED) is 0.304. The van der Waals surface area contributed by atoms with Crippen LogP contribution in [0.5, 0.6) is 17.5 Å². The van der Waals surface area contributed by atoms with Gasteiger partial charge in [-0.05, 0) is 42.2 Å². The Labute approximate surface area is 204 Å². The van der Waals surface area contributed by atoms with Crippen LogP contribution in [0.1, 0.15) is 31.9 Å². The van der Waals surface area contributed by atoms with Crippen molar-refractivity contribution in [1.29, 1.82) is 0 Å². The Kier molecular flexibility index (Phi) is 5.64. The van der Waals surface area contributed by atoms with Gasteiger partial charge in [0.1, 0.15) is 11.4 Å². The minimum Gasteiger partial charge on any atom is -0.481 e. The van der Waals surface area contributed by atoms with Crippen LogP contribution in [-0.2, 0) is 5.41 Å². The number of aryl methyl sites for hydroxylation is 1. The highest BCUT2D eigenvalue weighted by molar-refractivity contribution is 5.84. The summed E-state index contributed by atoms with van der Waals surface area (Å²) >= 11 is 0. The smallest absolute Gasteiger partial charge is 0.246 e. The van der Waals surface area contributed by atoms with Crippen molar-refractivity contribution in [3.63, 3.8) is 0 Å². The molecule has 0 aliphatic carbocycles. The van der Waals surface area contributed by atoms with Gasteiger partial charge >= 0.3 is 0 Å². The molecule has 8 heteroatoms. The molecule has 0 amide bonds. The number of anilines is 2. The minimum absolute atomic E-state index is 0.0910. The van der Waals surface area contributed by atoms with Gasteiger partial charge in [-0.3, -0.25) is 0 Å². The van der Waals surface area contributed by atoms with Crippen molar-refractivity contribution in [3.8, 4) is 23.2 Å². The number of fused-ring (bicyclic) bond motifs is 1. The van der Waals surface area contributed by atoms with Gasteiger partial charge in [-0.1, -0.05) is 39.0 Å². The molecule has 0 spiro atoms. The van der Waals surface area contributed by atoms with E-state index in [-0.39, 0.29) is 5.41 Å². The van der Waals surface area contributed by atoms with Gasteiger partial charge in [-0.15, -0.1) is 0 Å². The fourth-order valence-electron chi connectivity index (χ4n) is 4.01. The van der Waals surface area contributed by atoms with E-state index in [0.717, 1.165) is 33.6 Å². The van der Waals surface area contributed by atoms with E-state index in [9.17, 15) is 0 Å². The second-order valence-corrected chi connectivity index (χ2v) is 9.39. The molecule has 5 aromatic rings. The molecular weight excluding hydrogens is 440 g/mol. The van der Waals surface area contributed by atoms with Gasteiger partial charge < -0.3 is 24.3 Å². The maximum Gasteiger partial charge on any atom is 0.246 e. The number of hydrogen-bond donors (Lipinski definition) is 2. The fourth-order valence-corrected chi connectivity index (χ4v) is 4.01. The SMILES string of the molecule is COc1ccc(Nc2nc3c(C)cc(-n4ccnc4)cc3[nH]2)c(Oc2ccccc2C(C)(C)C)n1. The molecule has 178 valence electrons. The lowest BCUT2D eigenvalue weighted by molar-refractivity contribution is 0.381. The first kappa shape index (κ1) is 22.5. The maximum absolute atomic E-state index is 6.34. The highest BCUT2D eigenvalue weighted by atomic mass is 16.5. The van der Waals surface area contributed by atoms with Crippen molar-refractivity contribution >= 4 is 22.7 Å². The maximum atomic E-state index is 6.34. The third kappa shape index (κ3) is 4.55. The summed E-state index contributed by atoms with van der Waals surface area (Å²) in [5, 5.41) is 3.34. The molecule has 0 atom stereocenters. The number of benzene rings is 2. The van der Waals surface area contributed by atoms with Crippen LogP contribution in [0.15, 0.2) is 67.3 Å². The number of rotatable bonds is 6. The standard InChI is InChI=1S/C27H28N6O2/c1-17-14-18(33-13-12-28-16-33)15-21-24(17)32-26(30-21)29-20-10-11-23(34-5)31-25(20)35-22-9-7-6-8-19(22)27(2,3)4/h6-16H,1-5H3,(H2,29,30,32). The van der Waals surface area contributed by atoms with Crippen molar-refractivity contribution in [2.24, 2.45) is 0 Å². The molecule has 3 heterocycles. The Morgan fingerprint density at radius 3 is 2.60 bits per heavy atom. The predicted molar refractivity (Wildman–Crippen MR) is 137 cm³/mol. The molecule has 8 nitrogen and oxygen atoms in total. The summed E-state index contributed by atoms with van der Waals surface area (Å²) in [5.74, 6) is 2.20. The van der Waals surface area contributed by atoms with E-state index in [2.05, 4.69) is 53.2 Å². The highest BCUT2D eigenvalue weighted by Crippen LogP contribution is 2.37. The van der Waals surface area contributed by atoms with Gasteiger partial charge in [0.2, 0.25) is 17.7 Å². The van der Waals surface area contributed by atoms with E-state index in [1.807, 2.05) is 48.0 Å². The molecule has 2 N–H and O–H groups in total. The summed E-state index contributed by atoms with van der Waals surface area (Å²) in [6.45, 7) is 8.51. The first-order valence-corrected chi connectivity index (χ1v) is 11.4. The molecule has 0 fully saturated rings. The van der Waals surface area contributed by atoms with E-state index >= 15 is 0 Å². The van der Waals surface area contributed by atoms with E-state index in [0.29, 0.717) is 23.4 Å². The molecule has 2 aromatic carbocycles. The monoisotopic (exact) mass is 468 g/mol. The van der Waals surface area contributed by atoms with Crippen LogP contribution in [0.4, 0.5) is 11.6 Å². The van der Waals surface area contributed by atoms with E-state index in [1.54, 1.807) is 25.7 Å². The third-order valence-corrected chi connectivity index (χ3v) is 5.76. The molecule has 35 heavy (non-hydrogen) atoms. The van der Waals surface area contributed by atoms with Gasteiger partial charge in [-0.25, -0.2) is 9.97 Å². The van der Waals surface area contributed by atoms with E-state index < -0.39 is 0 Å². The number of para-hydroxylation sites is 1. The van der Waals surface area contributed by atoms with Crippen LogP contribution in [-0.4, -0.2) is 31.6 Å². The lowest BCUT2D eigenvalue weighted by atomic mass is 9.86. The predicted octanol–water partition coefficient (Wildman–Crippen LogP) is 6.29. The number of hydrogen-bond acceptors (Lipinski definition) is 6. The zero-order valence-corrected chi connectivity index (χ0v) is 20.5. The lowest BCUT2D eigenvalue weighted by Gasteiger charge is -2.23. The number of pyridine rings is 1. The van der Waals surface area contributed by atoms with Crippen LogP contribution in [0.25, 0.3) is 16.7 Å². The molecule has 0 unspecified atom stereocenters. The molecule has 3 aromatic heterocycles. The summed E-state index contributed by atoms with van der Waals surface area (Å²) in [6.07, 6.45) is 5.45. The van der Waals surface area contributed by atoms with E-state index in [1.165, 1.54) is 0 Å². The molecule has 0 saturated heterocycles. The first-order chi connectivity index (χ1) is 16.8. The summed E-state index contributed by atoms with van der Waals surface area (Å²) in [4.78, 5) is 16.9. The molecule has 5 rings (SSSR count). The zero-order valence-electron chi connectivity index (χ0n) is 20.5. The Balaban J connectivity index is 1.51. The lowest BCUT2D eigenvalue weighted by Crippen LogP contribution is -2.12. The molecule has 0 saturated carbocycles. The molecule has 0 radical (unpaired) electrons. The van der Waals surface area contributed by atoms with Crippen LogP contribution in [0, 0.1) is 6.92 Å². The van der Waals surface area contributed by atoms with Crippen molar-refractivity contribution in [2.75, 3.05) is 12.4 Å². The second-order valence-electron chi connectivity index (χ2n) is 9.39. The number of ether oxygens (including phenoxy) is 2. The van der Waals surface area contributed by atoms with Gasteiger partial charge in [-0.2, -0.15) is 4.98 Å². The van der Waals surface area contributed by atoms with Crippen molar-refractivity contribution in [2.45, 2.75) is 33.1 Å². The molecule has 0 bridgehead atoms. The Hall–Kier alpha value is -4.33. The molecular formula is C27H28N6O2. The fraction of sp³-hybridized carbons (Fsp3) is 0.222. The average Bonchev–Trinajstić information content (AvgIpc) is 3.50. The third-order valence-electron chi connectivity index (χ3n) is 5.76. The minimum atomic E-state index is -0.0910. The van der Waals surface area contributed by atoms with Crippen molar-refractivity contribution < 1.29 is 9.47 Å². The van der Waals surface area contributed by atoms with Crippen LogP contribution >= 0.6 is 0 Å². The number of methoxy groups -OCH3 is 1. The second kappa shape index (κ2) is 8.79. The summed E-state index contributed by atoms with van der Waals surface area (Å²) in [7, 11) is 1.59. The van der Waals surface area contributed by atoms with Crippen LogP contribution < -0.4 is 14.8 Å². The Bertz CT molecular complexity index is 1480. The van der Waals surface area contributed by atoms with Crippen LogP contribution in [0.2, 0.25) is 0 Å². The number of aromatic nitrogens is 5. The Morgan fingerprint density at radius 1 is 1.03 bits per heavy atom. The van der Waals surface area contributed by atoms with E-state index in [4.69, 9.17) is 14.5 Å². The number of nitrogens with one attached hydrogen (secondary N) is 2. The first-order valence-electron chi connectivity index (χ1n) is 11.4. The number of H-pyrrole nitrogens is 1. The van der Waals surface area contributed by atoms with Gasteiger partial charge in [0.05, 0.1) is 24.5 Å². The Morgan fingerprint density at radius 2 is 1.86 bits per heavy atom. The zero-order chi connectivity index (χ0) is 24.6. The van der Waals surface area contributed by atoms with Crippen LogP contribution in [0.3, 0.4) is 0 Å². The summed E-state index contributed by atoms with van der Waals surface area (Å²) < 4.78 is 13.7. The summed E-state index contributed by atoms with van der Waals surface area (Å²) in [5.41, 5.74) is 5.53. The largest absolute Gasteiger partial charge is 0.481 e. The molecule has 0 aliphatic heterocycles.